The summed E-state index contributed by atoms with van der Waals surface area (Å²) in [6.45, 7) is 15.9. The smallest absolute Gasteiger partial charge is 0.306 e. The van der Waals surface area contributed by atoms with Gasteiger partial charge in [-0.15, -0.1) is 6.58 Å². The molecule has 2 aromatic rings. The Bertz CT molecular complexity index is 1820. The number of hydrogen-bond donors (Lipinski definition) is 3. The Hall–Kier alpha value is -2.85. The maximum Gasteiger partial charge on any atom is 0.306 e. The molecule has 0 saturated heterocycles. The van der Waals surface area contributed by atoms with Crippen molar-refractivity contribution in [2.24, 2.45) is 52.3 Å². The molecule has 4 heteroatoms. The Labute approximate surface area is 365 Å². The number of phenols is 1. The van der Waals surface area contributed by atoms with Crippen molar-refractivity contribution in [3.63, 3.8) is 0 Å². The summed E-state index contributed by atoms with van der Waals surface area (Å²) in [4.78, 5) is 11.4. The van der Waals surface area contributed by atoms with E-state index in [4.69, 9.17) is 0 Å². The van der Waals surface area contributed by atoms with Gasteiger partial charge in [0.25, 0.3) is 0 Å². The molecule has 11 atom stereocenters. The van der Waals surface area contributed by atoms with Gasteiger partial charge in [-0.2, -0.15) is 0 Å². The maximum atomic E-state index is 11.4. The first kappa shape index (κ1) is 45.2. The van der Waals surface area contributed by atoms with Gasteiger partial charge < -0.3 is 15.3 Å². The first-order valence-corrected chi connectivity index (χ1v) is 25.0. The van der Waals surface area contributed by atoms with Crippen LogP contribution in [0.2, 0.25) is 0 Å². The minimum atomic E-state index is -0.610. The van der Waals surface area contributed by atoms with Gasteiger partial charge in [-0.25, -0.2) is 0 Å². The predicted octanol–water partition coefficient (Wildman–Crippen LogP) is 14.6. The molecule has 6 unspecified atom stereocenters. The first-order chi connectivity index (χ1) is 28.9. The van der Waals surface area contributed by atoms with Gasteiger partial charge in [-0.05, 0) is 189 Å². The highest BCUT2D eigenvalue weighted by Crippen LogP contribution is 2.65. The zero-order valence-electron chi connectivity index (χ0n) is 38.5. The highest BCUT2D eigenvalue weighted by atomic mass is 16.4. The van der Waals surface area contributed by atoms with E-state index >= 15 is 0 Å². The number of aryl methyl sites for hydroxylation is 3. The molecule has 330 valence electrons. The molecule has 0 radical (unpaired) electrons. The number of hydrogen-bond acceptors (Lipinski definition) is 3. The average Bonchev–Trinajstić information content (AvgIpc) is 3.70. The Kier molecular flexibility index (Phi) is 14.8. The summed E-state index contributed by atoms with van der Waals surface area (Å²) >= 11 is 0. The first-order valence-electron chi connectivity index (χ1n) is 25.0. The molecular weight excluding hydrogens is 737 g/mol. The Morgan fingerprint density at radius 2 is 1.57 bits per heavy atom. The van der Waals surface area contributed by atoms with Crippen LogP contribution in [0.4, 0.5) is 0 Å². The number of aromatic hydroxyl groups is 1. The number of aliphatic hydroxyl groups is 1. The SMILES string of the molecule is C=CCC1=C2c3ccc(C)cc3CCC2C2CC[C@H](C)[C@@]2(C)C1.CCCCC(CCCCCCCCC[C@H]1C[C@@]2(C)C(CC[C@@H]2O)C2CCc3cc(O)ccc3C21)C(=O)O. The number of phenolic OH excluding ortho intramolecular Hbond substituents is 1. The van der Waals surface area contributed by atoms with E-state index in [-0.39, 0.29) is 17.4 Å². The molecule has 0 spiro atoms. The number of aliphatic hydroxyl groups excluding tert-OH is 1. The highest BCUT2D eigenvalue weighted by Gasteiger charge is 2.57. The monoisotopic (exact) mass is 819 g/mol. The molecule has 0 aliphatic heterocycles. The van der Waals surface area contributed by atoms with Crippen LogP contribution in [0, 0.1) is 59.2 Å². The molecule has 8 rings (SSSR count). The summed E-state index contributed by atoms with van der Waals surface area (Å²) < 4.78 is 0. The van der Waals surface area contributed by atoms with E-state index < -0.39 is 5.97 Å². The van der Waals surface area contributed by atoms with Crippen LogP contribution in [0.15, 0.2) is 54.6 Å². The third-order valence-electron chi connectivity index (χ3n) is 18.0. The molecule has 0 bridgehead atoms. The molecule has 6 aliphatic rings. The average molecular weight is 819 g/mol. The normalized spacial score (nSPS) is 33.0. The number of aliphatic carboxylic acids is 1. The minimum absolute atomic E-state index is 0.0746. The van der Waals surface area contributed by atoms with E-state index in [1.165, 1.54) is 100 Å². The maximum absolute atomic E-state index is 11.4. The van der Waals surface area contributed by atoms with Crippen LogP contribution >= 0.6 is 0 Å². The molecular formula is C56H82O4. The van der Waals surface area contributed by atoms with Crippen molar-refractivity contribution in [3.8, 4) is 5.75 Å². The van der Waals surface area contributed by atoms with Crippen LogP contribution in [0.3, 0.4) is 0 Å². The van der Waals surface area contributed by atoms with Crippen molar-refractivity contribution in [1.29, 1.82) is 0 Å². The zero-order valence-corrected chi connectivity index (χ0v) is 38.5. The van der Waals surface area contributed by atoms with Crippen LogP contribution in [0.1, 0.15) is 196 Å². The van der Waals surface area contributed by atoms with Gasteiger partial charge in [-0.3, -0.25) is 4.79 Å². The second-order valence-corrected chi connectivity index (χ2v) is 21.6. The van der Waals surface area contributed by atoms with E-state index in [2.05, 4.69) is 71.5 Å². The number of fused-ring (bicyclic) bond motifs is 10. The second kappa shape index (κ2) is 19.7. The molecule has 0 heterocycles. The summed E-state index contributed by atoms with van der Waals surface area (Å²) in [5.74, 6) is 4.71. The van der Waals surface area contributed by atoms with Crippen molar-refractivity contribution in [1.82, 2.24) is 0 Å². The van der Waals surface area contributed by atoms with Gasteiger partial charge in [0.1, 0.15) is 5.75 Å². The van der Waals surface area contributed by atoms with E-state index in [0.717, 1.165) is 82.0 Å². The van der Waals surface area contributed by atoms with Crippen LogP contribution in [-0.4, -0.2) is 27.4 Å². The summed E-state index contributed by atoms with van der Waals surface area (Å²) in [5, 5.41) is 30.5. The third kappa shape index (κ3) is 9.26. The molecule has 6 aliphatic carbocycles. The van der Waals surface area contributed by atoms with Gasteiger partial charge >= 0.3 is 5.97 Å². The van der Waals surface area contributed by atoms with Gasteiger partial charge in [0, 0.05) is 0 Å². The van der Waals surface area contributed by atoms with Gasteiger partial charge in [0.2, 0.25) is 0 Å². The lowest BCUT2D eigenvalue weighted by Gasteiger charge is -2.54. The van der Waals surface area contributed by atoms with Crippen LogP contribution < -0.4 is 0 Å². The fourth-order valence-corrected chi connectivity index (χ4v) is 14.7. The number of carboxylic acid groups (broad SMARTS) is 1. The molecule has 3 N–H and O–H groups in total. The highest BCUT2D eigenvalue weighted by molar-refractivity contribution is 5.76. The molecule has 60 heavy (non-hydrogen) atoms. The van der Waals surface area contributed by atoms with Gasteiger partial charge in [0.15, 0.2) is 0 Å². The van der Waals surface area contributed by atoms with E-state index in [0.29, 0.717) is 34.8 Å². The quantitative estimate of drug-likeness (QED) is 0.116. The molecule has 2 aromatic carbocycles. The van der Waals surface area contributed by atoms with Crippen molar-refractivity contribution >= 4 is 11.5 Å². The lowest BCUT2D eigenvalue weighted by molar-refractivity contribution is -0.142. The van der Waals surface area contributed by atoms with Crippen molar-refractivity contribution in [2.75, 3.05) is 0 Å². The lowest BCUT2D eigenvalue weighted by atomic mass is 9.51. The Balaban J connectivity index is 0.000000201. The van der Waals surface area contributed by atoms with Gasteiger partial charge in [0.05, 0.1) is 12.0 Å². The summed E-state index contributed by atoms with van der Waals surface area (Å²) in [6.07, 6.45) is 28.9. The molecule has 4 nitrogen and oxygen atoms in total. The van der Waals surface area contributed by atoms with Gasteiger partial charge in [-0.1, -0.05) is 127 Å². The largest absolute Gasteiger partial charge is 0.508 e. The fourth-order valence-electron chi connectivity index (χ4n) is 14.7. The van der Waals surface area contributed by atoms with Crippen LogP contribution in [0.25, 0.3) is 5.57 Å². The van der Waals surface area contributed by atoms with Crippen molar-refractivity contribution < 1.29 is 20.1 Å². The summed E-state index contributed by atoms with van der Waals surface area (Å²) in [5.41, 5.74) is 11.4. The molecule has 3 fully saturated rings. The number of benzene rings is 2. The minimum Gasteiger partial charge on any atom is -0.508 e. The van der Waals surface area contributed by atoms with E-state index in [1.54, 1.807) is 22.3 Å². The van der Waals surface area contributed by atoms with Crippen molar-refractivity contribution in [3.05, 3.63) is 82.4 Å². The van der Waals surface area contributed by atoms with Crippen molar-refractivity contribution in [2.45, 2.75) is 194 Å². The number of allylic oxidation sites excluding steroid dienone is 3. The Morgan fingerprint density at radius 1 is 0.850 bits per heavy atom. The molecule has 3 saturated carbocycles. The van der Waals surface area contributed by atoms with Crippen LogP contribution in [-0.2, 0) is 17.6 Å². The van der Waals surface area contributed by atoms with Crippen LogP contribution in [0.5, 0.6) is 5.75 Å². The standard InChI is InChI=1S/C33H52O4.C23H30/c1-3-4-12-23(32(36)37)13-10-8-6-5-7-9-11-14-25-22-33(2)29(19-20-30(33)35)28-17-15-24-21-26(34)16-18-27(24)31(25)28;1-5-6-18-14-23(4)16(3)8-12-21(23)20-11-9-17-13-15(2)7-10-19(17)22(18)20/h16,18,21,23,25,28-31,34-35H,3-15,17,19-20,22H2,1-2H3,(H,36,37);5,7,10,13,16,20-21H,1,6,8-9,11-12,14H2,2-4H3/t23?,25-,28?,29?,30-,31?,33-;16-,20?,21?,23+/m00/s1. The fraction of sp³-hybridized carbons (Fsp3) is 0.696. The number of carbonyl (C=O) groups is 1. The second-order valence-electron chi connectivity index (χ2n) is 21.6. The van der Waals surface area contributed by atoms with E-state index in [1.807, 2.05) is 12.1 Å². The topological polar surface area (TPSA) is 77.8 Å². The summed E-state index contributed by atoms with van der Waals surface area (Å²) in [7, 11) is 0. The number of unbranched alkanes of at least 4 members (excludes halogenated alkanes) is 7. The number of carboxylic acids is 1. The zero-order chi connectivity index (χ0) is 42.6. The number of rotatable bonds is 16. The molecule has 0 aromatic heterocycles. The molecule has 0 amide bonds. The van der Waals surface area contributed by atoms with E-state index in [9.17, 15) is 20.1 Å². The predicted molar refractivity (Wildman–Crippen MR) is 249 cm³/mol. The summed E-state index contributed by atoms with van der Waals surface area (Å²) in [6, 6.07) is 13.2. The third-order valence-corrected chi connectivity index (χ3v) is 18.0. The lowest BCUT2D eigenvalue weighted by Crippen LogP contribution is -2.47. The Morgan fingerprint density at radius 3 is 2.32 bits per heavy atom.